The molecule has 1 saturated heterocycles. The Hall–Kier alpha value is -1.62. The average molecular weight is 266 g/mol. The van der Waals surface area contributed by atoms with Crippen molar-refractivity contribution in [2.45, 2.75) is 26.4 Å². The number of piperidine rings is 1. The summed E-state index contributed by atoms with van der Waals surface area (Å²) in [5.74, 6) is -0.251. The van der Waals surface area contributed by atoms with Crippen LogP contribution in [0.5, 0.6) is 0 Å². The highest BCUT2D eigenvalue weighted by Crippen LogP contribution is 2.19. The van der Waals surface area contributed by atoms with Crippen molar-refractivity contribution in [3.63, 3.8) is 0 Å². The van der Waals surface area contributed by atoms with Gasteiger partial charge in [0.1, 0.15) is 5.82 Å². The van der Waals surface area contributed by atoms with Crippen molar-refractivity contribution in [1.82, 2.24) is 4.90 Å². The van der Waals surface area contributed by atoms with Crippen LogP contribution >= 0.6 is 0 Å². The van der Waals surface area contributed by atoms with Crippen molar-refractivity contribution < 1.29 is 14.3 Å². The molecule has 2 rings (SSSR count). The maximum atomic E-state index is 13.6. The summed E-state index contributed by atoms with van der Waals surface area (Å²) in [4.78, 5) is 13.5. The lowest BCUT2D eigenvalue weighted by Gasteiger charge is -2.34. The van der Waals surface area contributed by atoms with Crippen LogP contribution in [-0.4, -0.2) is 35.2 Å². The quantitative estimate of drug-likeness (QED) is 0.820. The number of β-amino-alcohol motifs (C(OH)–C–C–N with tert-alkyl or cyclic N) is 1. The van der Waals surface area contributed by atoms with Gasteiger partial charge >= 0.3 is 6.03 Å². The minimum absolute atomic E-state index is 0.170. The van der Waals surface area contributed by atoms with E-state index in [0.29, 0.717) is 13.1 Å². The number of nitrogens with one attached hydrogen (secondary N) is 1. The molecular weight excluding hydrogens is 247 g/mol. The molecule has 5 heteroatoms. The highest BCUT2D eigenvalue weighted by Gasteiger charge is 2.27. The van der Waals surface area contributed by atoms with Gasteiger partial charge in [0.2, 0.25) is 0 Å². The Bertz CT molecular complexity index is 479. The molecule has 2 atom stereocenters. The Labute approximate surface area is 112 Å². The van der Waals surface area contributed by atoms with Crippen LogP contribution < -0.4 is 5.32 Å². The number of nitrogens with zero attached hydrogens (tertiary/aromatic N) is 1. The van der Waals surface area contributed by atoms with E-state index < -0.39 is 11.9 Å². The molecule has 1 fully saturated rings. The second-order valence-electron chi connectivity index (χ2n) is 5.19. The molecular formula is C14H19FN2O2. The number of rotatable bonds is 1. The van der Waals surface area contributed by atoms with E-state index in [9.17, 15) is 14.3 Å². The molecule has 1 aliphatic heterocycles. The summed E-state index contributed by atoms with van der Waals surface area (Å²) >= 11 is 0. The summed E-state index contributed by atoms with van der Waals surface area (Å²) < 4.78 is 13.6. The zero-order chi connectivity index (χ0) is 14.0. The molecule has 104 valence electrons. The molecule has 4 nitrogen and oxygen atoms in total. The number of hydrogen-bond acceptors (Lipinski definition) is 2. The van der Waals surface area contributed by atoms with Crippen LogP contribution in [0, 0.1) is 18.7 Å². The topological polar surface area (TPSA) is 52.6 Å². The molecule has 2 amide bonds. The number of aliphatic hydroxyl groups is 1. The van der Waals surface area contributed by atoms with Crippen LogP contribution in [0.25, 0.3) is 0 Å². The molecule has 19 heavy (non-hydrogen) atoms. The lowest BCUT2D eigenvalue weighted by atomic mass is 9.96. The number of urea groups is 1. The molecule has 1 aliphatic rings. The van der Waals surface area contributed by atoms with Crippen molar-refractivity contribution >= 4 is 11.7 Å². The monoisotopic (exact) mass is 266 g/mol. The van der Waals surface area contributed by atoms with Crippen LogP contribution in [0.1, 0.15) is 18.9 Å². The lowest BCUT2D eigenvalue weighted by Crippen LogP contribution is -2.47. The highest BCUT2D eigenvalue weighted by atomic mass is 19.1. The number of likely N-dealkylation sites (tertiary alicyclic amines) is 1. The third-order valence-corrected chi connectivity index (χ3v) is 3.57. The van der Waals surface area contributed by atoms with Gasteiger partial charge in [-0.15, -0.1) is 0 Å². The van der Waals surface area contributed by atoms with Gasteiger partial charge in [-0.05, 0) is 37.0 Å². The normalized spacial score (nSPS) is 23.3. The van der Waals surface area contributed by atoms with Crippen LogP contribution in [-0.2, 0) is 0 Å². The fourth-order valence-electron chi connectivity index (χ4n) is 2.15. The number of aliphatic hydroxyl groups excluding tert-OH is 1. The van der Waals surface area contributed by atoms with Crippen molar-refractivity contribution in [2.75, 3.05) is 18.4 Å². The third-order valence-electron chi connectivity index (χ3n) is 3.57. The standard InChI is InChI=1S/C14H19FN2O2/c1-9-3-4-12(11(15)7-9)16-14(19)17-6-5-10(2)13(18)8-17/h3-4,7,10,13,18H,5-6,8H2,1-2H3,(H,16,19). The molecule has 1 aromatic carbocycles. The minimum atomic E-state index is -0.512. The van der Waals surface area contributed by atoms with E-state index in [2.05, 4.69) is 5.32 Å². The largest absolute Gasteiger partial charge is 0.391 e. The Kier molecular flexibility index (Phi) is 4.04. The van der Waals surface area contributed by atoms with Crippen molar-refractivity contribution in [2.24, 2.45) is 5.92 Å². The Morgan fingerprint density at radius 2 is 2.26 bits per heavy atom. The number of amides is 2. The summed E-state index contributed by atoms with van der Waals surface area (Å²) in [6.45, 7) is 4.62. The Morgan fingerprint density at radius 3 is 2.89 bits per heavy atom. The first kappa shape index (κ1) is 13.8. The number of aryl methyl sites for hydroxylation is 1. The zero-order valence-corrected chi connectivity index (χ0v) is 11.2. The van der Waals surface area contributed by atoms with Crippen LogP contribution in [0.4, 0.5) is 14.9 Å². The zero-order valence-electron chi connectivity index (χ0n) is 11.2. The van der Waals surface area contributed by atoms with Gasteiger partial charge in [-0.2, -0.15) is 0 Å². The predicted octanol–water partition coefficient (Wildman–Crippen LogP) is 2.37. The SMILES string of the molecule is Cc1ccc(NC(=O)N2CCC(C)C(O)C2)c(F)c1. The van der Waals surface area contributed by atoms with E-state index in [1.165, 1.54) is 11.0 Å². The molecule has 0 radical (unpaired) electrons. The Morgan fingerprint density at radius 1 is 1.53 bits per heavy atom. The fraction of sp³-hybridized carbons (Fsp3) is 0.500. The van der Waals surface area contributed by atoms with Gasteiger partial charge in [0.15, 0.2) is 0 Å². The number of anilines is 1. The smallest absolute Gasteiger partial charge is 0.322 e. The summed E-state index contributed by atoms with van der Waals surface area (Å²) in [7, 11) is 0. The first-order chi connectivity index (χ1) is 8.97. The second-order valence-corrected chi connectivity index (χ2v) is 5.19. The fourth-order valence-corrected chi connectivity index (χ4v) is 2.15. The lowest BCUT2D eigenvalue weighted by molar-refractivity contribution is 0.0463. The number of carbonyl (C=O) groups is 1. The molecule has 0 saturated carbocycles. The predicted molar refractivity (Wildman–Crippen MR) is 71.5 cm³/mol. The minimum Gasteiger partial charge on any atom is -0.391 e. The molecule has 0 bridgehead atoms. The first-order valence-corrected chi connectivity index (χ1v) is 6.47. The molecule has 2 unspecified atom stereocenters. The van der Waals surface area contributed by atoms with E-state index in [0.717, 1.165) is 12.0 Å². The van der Waals surface area contributed by atoms with Gasteiger partial charge in [0.05, 0.1) is 11.8 Å². The van der Waals surface area contributed by atoms with E-state index in [4.69, 9.17) is 0 Å². The highest BCUT2D eigenvalue weighted by molar-refractivity contribution is 5.89. The second kappa shape index (κ2) is 5.57. The van der Waals surface area contributed by atoms with Gasteiger partial charge < -0.3 is 15.3 Å². The van der Waals surface area contributed by atoms with Crippen LogP contribution in [0.2, 0.25) is 0 Å². The van der Waals surface area contributed by atoms with Crippen molar-refractivity contribution in [3.05, 3.63) is 29.6 Å². The van der Waals surface area contributed by atoms with E-state index in [1.54, 1.807) is 19.1 Å². The summed E-state index contributed by atoms with van der Waals surface area (Å²) in [5.41, 5.74) is 0.974. The molecule has 1 aromatic rings. The first-order valence-electron chi connectivity index (χ1n) is 6.47. The maximum Gasteiger partial charge on any atom is 0.322 e. The molecule has 1 heterocycles. The summed E-state index contributed by atoms with van der Waals surface area (Å²) in [5, 5.41) is 12.3. The number of hydrogen-bond donors (Lipinski definition) is 2. The molecule has 0 spiro atoms. The van der Waals surface area contributed by atoms with Crippen molar-refractivity contribution in [1.29, 1.82) is 0 Å². The maximum absolute atomic E-state index is 13.6. The molecule has 0 aliphatic carbocycles. The third kappa shape index (κ3) is 3.23. The van der Waals surface area contributed by atoms with Gasteiger partial charge in [0.25, 0.3) is 0 Å². The van der Waals surface area contributed by atoms with Gasteiger partial charge in [-0.3, -0.25) is 0 Å². The average Bonchev–Trinajstić information content (AvgIpc) is 2.36. The molecule has 2 N–H and O–H groups in total. The van der Waals surface area contributed by atoms with Crippen molar-refractivity contribution in [3.8, 4) is 0 Å². The van der Waals surface area contributed by atoms with Gasteiger partial charge in [-0.25, -0.2) is 9.18 Å². The van der Waals surface area contributed by atoms with E-state index in [-0.39, 0.29) is 17.6 Å². The number of halogens is 1. The Balaban J connectivity index is 2.01. The number of carbonyl (C=O) groups excluding carboxylic acids is 1. The summed E-state index contributed by atoms with van der Waals surface area (Å²) in [6.07, 6.45) is 0.243. The molecule has 0 aromatic heterocycles. The number of benzene rings is 1. The van der Waals surface area contributed by atoms with Gasteiger partial charge in [0, 0.05) is 13.1 Å². The summed E-state index contributed by atoms with van der Waals surface area (Å²) in [6, 6.07) is 4.30. The van der Waals surface area contributed by atoms with Crippen LogP contribution in [0.15, 0.2) is 18.2 Å². The van der Waals surface area contributed by atoms with Crippen LogP contribution in [0.3, 0.4) is 0 Å². The van der Waals surface area contributed by atoms with Gasteiger partial charge in [-0.1, -0.05) is 13.0 Å². The van der Waals surface area contributed by atoms with E-state index in [1.807, 2.05) is 6.92 Å². The van der Waals surface area contributed by atoms with E-state index >= 15 is 0 Å².